The molecule has 1 heteroatoms. The minimum atomic E-state index is 1.13. The van der Waals surface area contributed by atoms with Gasteiger partial charge < -0.3 is 4.90 Å². The first-order valence-corrected chi connectivity index (χ1v) is 14.1. The monoisotopic (exact) mass is 521 g/mol. The van der Waals surface area contributed by atoms with Crippen molar-refractivity contribution in [3.05, 3.63) is 164 Å². The second-order valence-electron chi connectivity index (χ2n) is 10.6. The summed E-state index contributed by atoms with van der Waals surface area (Å²) in [6.45, 7) is 0. The largest absolute Gasteiger partial charge is 0.309 e. The summed E-state index contributed by atoms with van der Waals surface area (Å²) >= 11 is 0. The van der Waals surface area contributed by atoms with Crippen LogP contribution in [0.1, 0.15) is 0 Å². The third-order valence-electron chi connectivity index (χ3n) is 8.22. The molecular formula is C40H27N. The number of anilines is 3. The highest BCUT2D eigenvalue weighted by Gasteiger charge is 2.19. The van der Waals surface area contributed by atoms with Crippen molar-refractivity contribution in [3.8, 4) is 11.1 Å². The Hall–Kier alpha value is -5.40. The molecule has 0 saturated heterocycles. The van der Waals surface area contributed by atoms with Gasteiger partial charge in [0.15, 0.2) is 0 Å². The van der Waals surface area contributed by atoms with Gasteiger partial charge in [-0.2, -0.15) is 0 Å². The Labute approximate surface area is 239 Å². The third kappa shape index (κ3) is 3.94. The summed E-state index contributed by atoms with van der Waals surface area (Å²) < 4.78 is 0. The highest BCUT2D eigenvalue weighted by molar-refractivity contribution is 6.15. The van der Waals surface area contributed by atoms with E-state index in [0.717, 1.165) is 5.69 Å². The van der Waals surface area contributed by atoms with Crippen LogP contribution >= 0.6 is 0 Å². The van der Waals surface area contributed by atoms with Crippen LogP contribution in [-0.4, -0.2) is 0 Å². The molecule has 8 aromatic carbocycles. The van der Waals surface area contributed by atoms with E-state index < -0.39 is 0 Å². The molecule has 0 unspecified atom stereocenters. The standard InChI is InChI=1S/C40H27N/c1-4-16-33-28(11-1)14-9-21-34(33)30-23-25-32(26-24-30)41(39-22-10-15-29-12-2-6-18-36(29)39)40-27-31-13-3-5-17-35(31)37-19-7-8-20-38(37)40/h1-27H. The molecule has 0 atom stereocenters. The second-order valence-corrected chi connectivity index (χ2v) is 10.6. The summed E-state index contributed by atoms with van der Waals surface area (Å²) in [6, 6.07) is 59.3. The molecule has 8 aromatic rings. The Kier molecular flexibility index (Phi) is 5.53. The van der Waals surface area contributed by atoms with Crippen LogP contribution in [0, 0.1) is 0 Å². The van der Waals surface area contributed by atoms with Gasteiger partial charge >= 0.3 is 0 Å². The minimum Gasteiger partial charge on any atom is -0.309 e. The van der Waals surface area contributed by atoms with Gasteiger partial charge in [0.2, 0.25) is 0 Å². The van der Waals surface area contributed by atoms with Crippen molar-refractivity contribution in [3.63, 3.8) is 0 Å². The zero-order valence-corrected chi connectivity index (χ0v) is 22.5. The highest BCUT2D eigenvalue weighted by atomic mass is 15.1. The Morgan fingerprint density at radius 3 is 1.61 bits per heavy atom. The van der Waals surface area contributed by atoms with Crippen LogP contribution in [0.15, 0.2) is 164 Å². The lowest BCUT2D eigenvalue weighted by atomic mass is 9.97. The van der Waals surface area contributed by atoms with E-state index in [2.05, 4.69) is 169 Å². The summed E-state index contributed by atoms with van der Waals surface area (Å²) in [5, 5.41) is 9.99. The molecule has 0 spiro atoms. The first-order chi connectivity index (χ1) is 20.3. The SMILES string of the molecule is c1ccc2c(-c3ccc(N(c4cccc5ccccc45)c4cc5ccccc5c5ccccc45)cc3)cccc2c1. The van der Waals surface area contributed by atoms with E-state index in [1.165, 1.54) is 65.6 Å². The molecule has 0 aliphatic heterocycles. The molecule has 0 bridgehead atoms. The Balaban J connectivity index is 1.39. The maximum atomic E-state index is 2.43. The number of rotatable bonds is 4. The predicted octanol–water partition coefficient (Wildman–Crippen LogP) is 11.4. The van der Waals surface area contributed by atoms with Crippen molar-refractivity contribution in [2.45, 2.75) is 0 Å². The van der Waals surface area contributed by atoms with Crippen LogP contribution in [0.3, 0.4) is 0 Å². The maximum Gasteiger partial charge on any atom is 0.0546 e. The number of hydrogen-bond acceptors (Lipinski definition) is 1. The second kappa shape index (κ2) is 9.66. The average molecular weight is 522 g/mol. The molecule has 0 aliphatic carbocycles. The van der Waals surface area contributed by atoms with E-state index in [1.54, 1.807) is 0 Å². The molecular weight excluding hydrogens is 494 g/mol. The van der Waals surface area contributed by atoms with Crippen molar-refractivity contribution in [1.29, 1.82) is 0 Å². The van der Waals surface area contributed by atoms with Crippen LogP contribution in [0.25, 0.3) is 54.2 Å². The summed E-state index contributed by atoms with van der Waals surface area (Å²) in [4.78, 5) is 2.43. The van der Waals surface area contributed by atoms with Gasteiger partial charge in [0.25, 0.3) is 0 Å². The molecule has 0 N–H and O–H groups in total. The minimum absolute atomic E-state index is 1.13. The molecule has 0 saturated carbocycles. The lowest BCUT2D eigenvalue weighted by molar-refractivity contribution is 1.32. The number of hydrogen-bond donors (Lipinski definition) is 0. The topological polar surface area (TPSA) is 3.24 Å². The fourth-order valence-electron chi connectivity index (χ4n) is 6.30. The first-order valence-electron chi connectivity index (χ1n) is 14.1. The smallest absolute Gasteiger partial charge is 0.0546 e. The summed E-state index contributed by atoms with van der Waals surface area (Å²) in [5.41, 5.74) is 5.94. The molecule has 1 nitrogen and oxygen atoms in total. The van der Waals surface area contributed by atoms with Crippen LogP contribution in [-0.2, 0) is 0 Å². The van der Waals surface area contributed by atoms with Gasteiger partial charge in [-0.3, -0.25) is 0 Å². The van der Waals surface area contributed by atoms with Crippen molar-refractivity contribution in [2.24, 2.45) is 0 Å². The highest BCUT2D eigenvalue weighted by Crippen LogP contribution is 2.44. The van der Waals surface area contributed by atoms with Crippen molar-refractivity contribution < 1.29 is 0 Å². The number of nitrogens with zero attached hydrogens (tertiary/aromatic N) is 1. The zero-order valence-electron chi connectivity index (χ0n) is 22.5. The molecule has 192 valence electrons. The Bertz CT molecular complexity index is 2200. The number of benzene rings is 8. The molecule has 41 heavy (non-hydrogen) atoms. The van der Waals surface area contributed by atoms with E-state index in [-0.39, 0.29) is 0 Å². The lowest BCUT2D eigenvalue weighted by Crippen LogP contribution is -2.11. The summed E-state index contributed by atoms with van der Waals surface area (Å²) in [5.74, 6) is 0. The quantitative estimate of drug-likeness (QED) is 0.208. The van der Waals surface area contributed by atoms with E-state index in [1.807, 2.05) is 0 Å². The number of fused-ring (bicyclic) bond motifs is 5. The fraction of sp³-hybridized carbons (Fsp3) is 0. The van der Waals surface area contributed by atoms with E-state index in [4.69, 9.17) is 0 Å². The molecule has 0 aliphatic rings. The Morgan fingerprint density at radius 1 is 0.317 bits per heavy atom. The van der Waals surface area contributed by atoms with Gasteiger partial charge in [-0.15, -0.1) is 0 Å². The third-order valence-corrected chi connectivity index (χ3v) is 8.22. The average Bonchev–Trinajstić information content (AvgIpc) is 3.05. The molecule has 0 heterocycles. The van der Waals surface area contributed by atoms with Gasteiger partial charge in [-0.05, 0) is 67.7 Å². The van der Waals surface area contributed by atoms with Crippen LogP contribution in [0.5, 0.6) is 0 Å². The molecule has 0 fully saturated rings. The van der Waals surface area contributed by atoms with Gasteiger partial charge in [0.05, 0.1) is 11.4 Å². The van der Waals surface area contributed by atoms with Crippen molar-refractivity contribution in [1.82, 2.24) is 0 Å². The summed E-state index contributed by atoms with van der Waals surface area (Å²) in [6.07, 6.45) is 0. The van der Waals surface area contributed by atoms with E-state index in [0.29, 0.717) is 0 Å². The van der Waals surface area contributed by atoms with Crippen molar-refractivity contribution in [2.75, 3.05) is 4.90 Å². The first kappa shape index (κ1) is 23.5. The van der Waals surface area contributed by atoms with E-state index >= 15 is 0 Å². The van der Waals surface area contributed by atoms with Crippen LogP contribution in [0.4, 0.5) is 17.1 Å². The zero-order chi connectivity index (χ0) is 27.2. The molecule has 0 aromatic heterocycles. The predicted molar refractivity (Wildman–Crippen MR) is 177 cm³/mol. The van der Waals surface area contributed by atoms with Gasteiger partial charge in [-0.25, -0.2) is 0 Å². The normalized spacial score (nSPS) is 11.4. The Morgan fingerprint density at radius 2 is 0.854 bits per heavy atom. The van der Waals surface area contributed by atoms with E-state index in [9.17, 15) is 0 Å². The fourth-order valence-corrected chi connectivity index (χ4v) is 6.30. The molecule has 0 amide bonds. The van der Waals surface area contributed by atoms with Gasteiger partial charge in [0.1, 0.15) is 0 Å². The van der Waals surface area contributed by atoms with Gasteiger partial charge in [0, 0.05) is 16.5 Å². The van der Waals surface area contributed by atoms with Crippen molar-refractivity contribution >= 4 is 60.2 Å². The molecule has 8 rings (SSSR count). The van der Waals surface area contributed by atoms with Crippen LogP contribution < -0.4 is 4.90 Å². The van der Waals surface area contributed by atoms with Crippen LogP contribution in [0.2, 0.25) is 0 Å². The van der Waals surface area contributed by atoms with Gasteiger partial charge in [-0.1, -0.05) is 140 Å². The molecule has 0 radical (unpaired) electrons. The summed E-state index contributed by atoms with van der Waals surface area (Å²) in [7, 11) is 0. The maximum absolute atomic E-state index is 2.43. The lowest BCUT2D eigenvalue weighted by Gasteiger charge is -2.29.